The van der Waals surface area contributed by atoms with Gasteiger partial charge in [0.1, 0.15) is 12.3 Å². The Hall–Kier alpha value is -2.34. The van der Waals surface area contributed by atoms with E-state index in [9.17, 15) is 4.79 Å². The number of ether oxygens (including phenoxy) is 1. The Kier molecular flexibility index (Phi) is 6.66. The van der Waals surface area contributed by atoms with E-state index in [4.69, 9.17) is 4.74 Å². The Morgan fingerprint density at radius 3 is 2.92 bits per heavy atom. The second-order valence-corrected chi connectivity index (χ2v) is 6.76. The monoisotopic (exact) mass is 356 g/mol. The fourth-order valence-electron chi connectivity index (χ4n) is 3.43. The highest BCUT2D eigenvalue weighted by atomic mass is 16.5. The van der Waals surface area contributed by atoms with Crippen molar-refractivity contribution in [2.45, 2.75) is 38.1 Å². The van der Waals surface area contributed by atoms with E-state index >= 15 is 0 Å². The van der Waals surface area contributed by atoms with Gasteiger partial charge < -0.3 is 15.4 Å². The van der Waals surface area contributed by atoms with Crippen LogP contribution in [0, 0.1) is 0 Å². The molecule has 6 nitrogen and oxygen atoms in total. The Bertz CT molecular complexity index is 690. The van der Waals surface area contributed by atoms with Gasteiger partial charge in [0.15, 0.2) is 0 Å². The normalized spacial score (nSPS) is 17.0. The quantitative estimate of drug-likeness (QED) is 0.711. The lowest BCUT2D eigenvalue weighted by Gasteiger charge is -2.23. The van der Waals surface area contributed by atoms with Crippen LogP contribution in [0.15, 0.2) is 36.5 Å². The average molecular weight is 356 g/mol. The molecule has 2 aromatic rings. The van der Waals surface area contributed by atoms with Crippen molar-refractivity contribution in [3.05, 3.63) is 47.8 Å². The van der Waals surface area contributed by atoms with E-state index < -0.39 is 0 Å². The number of hydrogen-bond acceptors (Lipinski definition) is 4. The molecule has 6 heteroatoms. The Balaban J connectivity index is 1.41. The molecule has 1 saturated heterocycles. The summed E-state index contributed by atoms with van der Waals surface area (Å²) in [5, 5.41) is 10.8. The molecule has 2 N–H and O–H groups in total. The van der Waals surface area contributed by atoms with Crippen LogP contribution in [0.25, 0.3) is 0 Å². The van der Waals surface area contributed by atoms with Crippen LogP contribution in [0.3, 0.4) is 0 Å². The zero-order valence-electron chi connectivity index (χ0n) is 15.4. The molecular formula is C20H28N4O2. The topological polar surface area (TPSA) is 68.2 Å². The lowest BCUT2D eigenvalue weighted by molar-refractivity contribution is -0.121. The minimum Gasteiger partial charge on any atom is -0.497 e. The molecule has 1 aliphatic heterocycles. The number of nitrogens with zero attached hydrogens (tertiary/aromatic N) is 2. The van der Waals surface area contributed by atoms with Gasteiger partial charge in [-0.05, 0) is 56.0 Å². The standard InChI is InChI=1S/C20H28N4O2/c1-26-18-8-6-16(7-9-18)4-2-12-22-20(25)15-24-19(10-13-23-24)17-5-3-11-21-14-17/h6-10,13,17,21H,2-5,11-12,14-15H2,1H3,(H,22,25)/t17-/m0/s1. The maximum Gasteiger partial charge on any atom is 0.241 e. The third-order valence-corrected chi connectivity index (χ3v) is 4.88. The lowest BCUT2D eigenvalue weighted by atomic mass is 9.96. The highest BCUT2D eigenvalue weighted by molar-refractivity contribution is 5.75. The van der Waals surface area contributed by atoms with Gasteiger partial charge in [-0.25, -0.2) is 0 Å². The summed E-state index contributed by atoms with van der Waals surface area (Å²) in [7, 11) is 1.67. The van der Waals surface area contributed by atoms with E-state index in [1.807, 2.05) is 22.9 Å². The molecule has 1 aromatic heterocycles. The van der Waals surface area contributed by atoms with Gasteiger partial charge >= 0.3 is 0 Å². The molecule has 1 amide bonds. The summed E-state index contributed by atoms with van der Waals surface area (Å²) < 4.78 is 7.00. The molecule has 1 aromatic carbocycles. The van der Waals surface area contributed by atoms with E-state index in [2.05, 4.69) is 27.9 Å². The number of aromatic nitrogens is 2. The van der Waals surface area contributed by atoms with Crippen LogP contribution in [-0.2, 0) is 17.8 Å². The molecule has 26 heavy (non-hydrogen) atoms. The number of methoxy groups -OCH3 is 1. The van der Waals surface area contributed by atoms with Gasteiger partial charge in [0, 0.05) is 30.9 Å². The van der Waals surface area contributed by atoms with Gasteiger partial charge in [0.05, 0.1) is 7.11 Å². The van der Waals surface area contributed by atoms with Gasteiger partial charge in [-0.15, -0.1) is 0 Å². The van der Waals surface area contributed by atoms with Crippen LogP contribution in [0.1, 0.15) is 36.4 Å². The molecule has 3 rings (SSSR count). The first-order valence-electron chi connectivity index (χ1n) is 9.38. The van der Waals surface area contributed by atoms with E-state index in [1.54, 1.807) is 13.3 Å². The van der Waals surface area contributed by atoms with Crippen molar-refractivity contribution in [1.29, 1.82) is 0 Å². The van der Waals surface area contributed by atoms with Gasteiger partial charge in [0.2, 0.25) is 5.91 Å². The summed E-state index contributed by atoms with van der Waals surface area (Å²) in [5.74, 6) is 1.34. The summed E-state index contributed by atoms with van der Waals surface area (Å²) in [5.41, 5.74) is 2.41. The summed E-state index contributed by atoms with van der Waals surface area (Å²) in [6.07, 6.45) is 5.97. The molecule has 1 fully saturated rings. The largest absolute Gasteiger partial charge is 0.497 e. The number of carbonyl (C=O) groups excluding carboxylic acids is 1. The first kappa shape index (κ1) is 18.5. The molecule has 1 atom stereocenters. The number of amides is 1. The van der Waals surface area contributed by atoms with E-state index in [0.29, 0.717) is 19.0 Å². The predicted molar refractivity (Wildman–Crippen MR) is 101 cm³/mol. The van der Waals surface area contributed by atoms with Crippen LogP contribution >= 0.6 is 0 Å². The predicted octanol–water partition coefficient (Wildman–Crippen LogP) is 2.11. The average Bonchev–Trinajstić information content (AvgIpc) is 3.14. The number of carbonyl (C=O) groups is 1. The van der Waals surface area contributed by atoms with Crippen LogP contribution in [0.4, 0.5) is 0 Å². The van der Waals surface area contributed by atoms with E-state index in [-0.39, 0.29) is 5.91 Å². The first-order chi connectivity index (χ1) is 12.8. The molecule has 0 radical (unpaired) electrons. The van der Waals surface area contributed by atoms with Gasteiger partial charge in [-0.3, -0.25) is 9.48 Å². The number of benzene rings is 1. The number of piperidine rings is 1. The van der Waals surface area contributed by atoms with Crippen LogP contribution in [0.2, 0.25) is 0 Å². The van der Waals surface area contributed by atoms with Crippen molar-refractivity contribution in [1.82, 2.24) is 20.4 Å². The summed E-state index contributed by atoms with van der Waals surface area (Å²) in [4.78, 5) is 12.2. The van der Waals surface area contributed by atoms with Crippen molar-refractivity contribution in [3.63, 3.8) is 0 Å². The first-order valence-corrected chi connectivity index (χ1v) is 9.38. The van der Waals surface area contributed by atoms with Crippen molar-refractivity contribution in [2.24, 2.45) is 0 Å². The highest BCUT2D eigenvalue weighted by Gasteiger charge is 2.19. The minimum absolute atomic E-state index is 0.0217. The highest BCUT2D eigenvalue weighted by Crippen LogP contribution is 2.22. The molecule has 0 saturated carbocycles. The maximum atomic E-state index is 12.2. The molecule has 1 aliphatic rings. The molecule has 0 aliphatic carbocycles. The zero-order chi connectivity index (χ0) is 18.2. The van der Waals surface area contributed by atoms with Crippen molar-refractivity contribution in [2.75, 3.05) is 26.7 Å². The fraction of sp³-hybridized carbons (Fsp3) is 0.500. The summed E-state index contributed by atoms with van der Waals surface area (Å²) in [6, 6.07) is 10.1. The van der Waals surface area contributed by atoms with E-state index in [1.165, 1.54) is 12.0 Å². The van der Waals surface area contributed by atoms with Gasteiger partial charge in [-0.2, -0.15) is 5.10 Å². The number of aryl methyl sites for hydroxylation is 1. The van der Waals surface area contributed by atoms with Gasteiger partial charge in [0.25, 0.3) is 0 Å². The molecule has 140 valence electrons. The number of nitrogens with one attached hydrogen (secondary N) is 2. The third kappa shape index (κ3) is 5.08. The number of hydrogen-bond donors (Lipinski definition) is 2. The molecule has 0 spiro atoms. The summed E-state index contributed by atoms with van der Waals surface area (Å²) >= 11 is 0. The van der Waals surface area contributed by atoms with Crippen LogP contribution < -0.4 is 15.4 Å². The van der Waals surface area contributed by atoms with Crippen molar-refractivity contribution in [3.8, 4) is 5.75 Å². The van der Waals surface area contributed by atoms with E-state index in [0.717, 1.165) is 43.8 Å². The Morgan fingerprint density at radius 2 is 2.19 bits per heavy atom. The Labute approximate surface area is 154 Å². The second kappa shape index (κ2) is 9.38. The number of rotatable bonds is 8. The van der Waals surface area contributed by atoms with Crippen molar-refractivity contribution >= 4 is 5.91 Å². The van der Waals surface area contributed by atoms with Gasteiger partial charge in [-0.1, -0.05) is 12.1 Å². The lowest BCUT2D eigenvalue weighted by Crippen LogP contribution is -2.32. The molecular weight excluding hydrogens is 328 g/mol. The Morgan fingerprint density at radius 1 is 1.35 bits per heavy atom. The van der Waals surface area contributed by atoms with Crippen LogP contribution in [-0.4, -0.2) is 42.4 Å². The molecule has 0 unspecified atom stereocenters. The minimum atomic E-state index is 0.0217. The second-order valence-electron chi connectivity index (χ2n) is 6.76. The molecule has 0 bridgehead atoms. The third-order valence-electron chi connectivity index (χ3n) is 4.88. The zero-order valence-corrected chi connectivity index (χ0v) is 15.4. The SMILES string of the molecule is COc1ccc(CCCNC(=O)Cn2nccc2[C@H]2CCCNC2)cc1. The maximum absolute atomic E-state index is 12.2. The van der Waals surface area contributed by atoms with Crippen LogP contribution in [0.5, 0.6) is 5.75 Å². The van der Waals surface area contributed by atoms with Crippen molar-refractivity contribution < 1.29 is 9.53 Å². The summed E-state index contributed by atoms with van der Waals surface area (Å²) in [6.45, 7) is 3.02. The molecule has 2 heterocycles. The smallest absolute Gasteiger partial charge is 0.241 e. The fourth-order valence-corrected chi connectivity index (χ4v) is 3.43.